The maximum atomic E-state index is 13.0. The van der Waals surface area contributed by atoms with Crippen molar-refractivity contribution >= 4 is 55.9 Å². The van der Waals surface area contributed by atoms with Gasteiger partial charge in [0.15, 0.2) is 5.13 Å². The standard InChI is InChI=1S/C19H16BrClN2O3S/c1-7-15(8-2-4-9(21)5-3-8)22-19(27-7)23-17(24)12-10-6-11-13(12)18(25)26-16(11)14(10)20/h2-5,10-14,16H,6H2,1H3,(H,22,23,24)/t10-,11-,12-,13-,14-,16+/m1/s1. The Morgan fingerprint density at radius 3 is 2.81 bits per heavy atom. The van der Waals surface area contributed by atoms with Crippen LogP contribution < -0.4 is 5.32 Å². The third-order valence-electron chi connectivity index (χ3n) is 5.97. The van der Waals surface area contributed by atoms with Gasteiger partial charge in [0.05, 0.1) is 22.4 Å². The summed E-state index contributed by atoms with van der Waals surface area (Å²) in [5.74, 6) is -0.740. The SMILES string of the molecule is Cc1sc(NC(=O)[C@@H]2[C@H]3C[C@H]4[C@H](OC(=O)[C@H]42)[C@@H]3Br)nc1-c1ccc(Cl)cc1. The highest BCUT2D eigenvalue weighted by atomic mass is 79.9. The molecule has 2 saturated carbocycles. The molecule has 2 heterocycles. The lowest BCUT2D eigenvalue weighted by Crippen LogP contribution is -2.40. The summed E-state index contributed by atoms with van der Waals surface area (Å²) in [6, 6.07) is 7.47. The van der Waals surface area contributed by atoms with Gasteiger partial charge in [-0.3, -0.25) is 9.59 Å². The number of thiazole rings is 1. The first kappa shape index (κ1) is 17.6. The first-order valence-corrected chi connectivity index (χ1v) is 10.9. The molecule has 2 bridgehead atoms. The van der Waals surface area contributed by atoms with Crippen molar-refractivity contribution in [2.24, 2.45) is 23.7 Å². The van der Waals surface area contributed by atoms with Gasteiger partial charge in [0.1, 0.15) is 6.10 Å². The minimum absolute atomic E-state index is 0.0589. The number of hydrogen-bond donors (Lipinski definition) is 1. The van der Waals surface area contributed by atoms with E-state index in [0.29, 0.717) is 10.2 Å². The van der Waals surface area contributed by atoms with Gasteiger partial charge >= 0.3 is 5.97 Å². The number of alkyl halides is 1. The molecule has 27 heavy (non-hydrogen) atoms. The number of esters is 1. The van der Waals surface area contributed by atoms with Crippen LogP contribution in [0.25, 0.3) is 11.3 Å². The molecule has 0 radical (unpaired) electrons. The Labute approximate surface area is 173 Å². The Morgan fingerprint density at radius 2 is 2.07 bits per heavy atom. The molecule has 140 valence electrons. The second-order valence-corrected chi connectivity index (χ2v) is 10.1. The summed E-state index contributed by atoms with van der Waals surface area (Å²) in [6.45, 7) is 1.97. The molecule has 1 aromatic carbocycles. The molecule has 0 spiro atoms. The molecule has 0 unspecified atom stereocenters. The smallest absolute Gasteiger partial charge is 0.310 e. The van der Waals surface area contributed by atoms with Gasteiger partial charge in [0.25, 0.3) is 0 Å². The Hall–Kier alpha value is -1.44. The highest BCUT2D eigenvalue weighted by Gasteiger charge is 2.67. The molecule has 1 aliphatic heterocycles. The molecule has 1 N–H and O–H groups in total. The zero-order valence-electron chi connectivity index (χ0n) is 14.3. The summed E-state index contributed by atoms with van der Waals surface area (Å²) in [6.07, 6.45) is 0.789. The van der Waals surface area contributed by atoms with E-state index in [4.69, 9.17) is 16.3 Å². The minimum atomic E-state index is -0.353. The largest absolute Gasteiger partial charge is 0.461 e. The lowest BCUT2D eigenvalue weighted by molar-refractivity contribution is -0.145. The predicted molar refractivity (Wildman–Crippen MR) is 107 cm³/mol. The van der Waals surface area contributed by atoms with Crippen LogP contribution in [0.5, 0.6) is 0 Å². The molecule has 1 aromatic heterocycles. The van der Waals surface area contributed by atoms with Gasteiger partial charge in [0.2, 0.25) is 5.91 Å². The first-order chi connectivity index (χ1) is 12.9. The van der Waals surface area contributed by atoms with E-state index in [1.165, 1.54) is 11.3 Å². The molecule has 1 saturated heterocycles. The number of nitrogens with zero attached hydrogens (tertiary/aromatic N) is 1. The third kappa shape index (κ3) is 2.66. The van der Waals surface area contributed by atoms with Crippen molar-refractivity contribution in [3.8, 4) is 11.3 Å². The van der Waals surface area contributed by atoms with E-state index >= 15 is 0 Å². The minimum Gasteiger partial charge on any atom is -0.461 e. The summed E-state index contributed by atoms with van der Waals surface area (Å²) in [7, 11) is 0. The van der Waals surface area contributed by atoms with Crippen molar-refractivity contribution in [2.45, 2.75) is 24.3 Å². The zero-order valence-corrected chi connectivity index (χ0v) is 17.5. The molecule has 2 aliphatic carbocycles. The summed E-state index contributed by atoms with van der Waals surface area (Å²) in [4.78, 5) is 30.9. The molecular weight excluding hydrogens is 452 g/mol. The quantitative estimate of drug-likeness (QED) is 0.540. The predicted octanol–water partition coefficient (Wildman–Crippen LogP) is 4.28. The lowest BCUT2D eigenvalue weighted by Gasteiger charge is -2.27. The van der Waals surface area contributed by atoms with E-state index in [-0.39, 0.29) is 46.5 Å². The average Bonchev–Trinajstić information content (AvgIpc) is 3.33. The Kier molecular flexibility index (Phi) is 4.11. The van der Waals surface area contributed by atoms with E-state index in [2.05, 4.69) is 26.2 Å². The highest BCUT2D eigenvalue weighted by Crippen LogP contribution is 2.60. The van der Waals surface area contributed by atoms with E-state index < -0.39 is 0 Å². The number of anilines is 1. The third-order valence-corrected chi connectivity index (χ3v) is 8.31. The number of aryl methyl sites for hydroxylation is 1. The fraction of sp³-hybridized carbons (Fsp3) is 0.421. The topological polar surface area (TPSA) is 68.3 Å². The van der Waals surface area contributed by atoms with Crippen LogP contribution in [0, 0.1) is 30.6 Å². The van der Waals surface area contributed by atoms with Crippen LogP contribution in [0.1, 0.15) is 11.3 Å². The second kappa shape index (κ2) is 6.29. The maximum Gasteiger partial charge on any atom is 0.310 e. The van der Waals surface area contributed by atoms with Gasteiger partial charge in [-0.15, -0.1) is 11.3 Å². The van der Waals surface area contributed by atoms with Gasteiger partial charge in [-0.1, -0.05) is 39.7 Å². The number of aromatic nitrogens is 1. The maximum absolute atomic E-state index is 13.0. The van der Waals surface area contributed by atoms with E-state index in [0.717, 1.165) is 22.6 Å². The van der Waals surface area contributed by atoms with Crippen molar-refractivity contribution in [1.82, 2.24) is 4.98 Å². The second-order valence-electron chi connectivity index (χ2n) is 7.38. The monoisotopic (exact) mass is 466 g/mol. The summed E-state index contributed by atoms with van der Waals surface area (Å²) < 4.78 is 5.48. The molecule has 6 atom stereocenters. The first-order valence-electron chi connectivity index (χ1n) is 8.83. The van der Waals surface area contributed by atoms with Gasteiger partial charge in [-0.25, -0.2) is 4.98 Å². The number of hydrogen-bond acceptors (Lipinski definition) is 5. The zero-order chi connectivity index (χ0) is 18.9. The molecule has 3 aliphatic rings. The van der Waals surface area contributed by atoms with Crippen LogP contribution in [0.15, 0.2) is 24.3 Å². The van der Waals surface area contributed by atoms with Gasteiger partial charge < -0.3 is 10.1 Å². The van der Waals surface area contributed by atoms with Crippen molar-refractivity contribution in [1.29, 1.82) is 0 Å². The van der Waals surface area contributed by atoms with Crippen LogP contribution in [-0.4, -0.2) is 27.8 Å². The summed E-state index contributed by atoms with van der Waals surface area (Å²) >= 11 is 11.0. The van der Waals surface area contributed by atoms with Gasteiger partial charge in [-0.05, 0) is 31.4 Å². The average molecular weight is 468 g/mol. The van der Waals surface area contributed by atoms with Crippen molar-refractivity contribution < 1.29 is 14.3 Å². The summed E-state index contributed by atoms with van der Waals surface area (Å²) in [5.41, 5.74) is 1.79. The lowest BCUT2D eigenvalue weighted by atomic mass is 9.79. The fourth-order valence-electron chi connectivity index (χ4n) is 4.84. The molecular formula is C19H16BrClN2O3S. The van der Waals surface area contributed by atoms with Crippen molar-refractivity contribution in [3.05, 3.63) is 34.2 Å². The fourth-order valence-corrected chi connectivity index (χ4v) is 6.85. The van der Waals surface area contributed by atoms with Gasteiger partial charge in [-0.2, -0.15) is 0 Å². The number of carbonyl (C=O) groups is 2. The Bertz CT molecular complexity index is 947. The molecule has 5 nitrogen and oxygen atoms in total. The van der Waals surface area contributed by atoms with Crippen LogP contribution in [0.3, 0.4) is 0 Å². The van der Waals surface area contributed by atoms with Crippen LogP contribution in [0.2, 0.25) is 5.02 Å². The molecule has 1 amide bonds. The number of benzene rings is 1. The Morgan fingerprint density at radius 1 is 1.33 bits per heavy atom. The molecule has 2 aromatic rings. The van der Waals surface area contributed by atoms with E-state index in [1.54, 1.807) is 0 Å². The number of amides is 1. The number of carbonyl (C=O) groups excluding carboxylic acids is 2. The van der Waals surface area contributed by atoms with Crippen LogP contribution in [-0.2, 0) is 14.3 Å². The number of nitrogens with one attached hydrogen (secondary N) is 1. The Balaban J connectivity index is 1.38. The van der Waals surface area contributed by atoms with E-state index in [9.17, 15) is 9.59 Å². The number of ether oxygens (including phenoxy) is 1. The summed E-state index contributed by atoms with van der Waals surface area (Å²) in [5, 5.41) is 4.17. The number of fused-ring (bicyclic) bond motifs is 1. The van der Waals surface area contributed by atoms with Crippen molar-refractivity contribution in [3.63, 3.8) is 0 Å². The number of rotatable bonds is 3. The highest BCUT2D eigenvalue weighted by molar-refractivity contribution is 9.09. The molecule has 5 rings (SSSR count). The molecule has 3 fully saturated rings. The normalized spacial score (nSPS) is 33.4. The van der Waals surface area contributed by atoms with E-state index in [1.807, 2.05) is 31.2 Å². The van der Waals surface area contributed by atoms with Crippen molar-refractivity contribution in [2.75, 3.05) is 5.32 Å². The number of halogens is 2. The molecule has 8 heteroatoms. The van der Waals surface area contributed by atoms with Gasteiger partial charge in [0, 0.05) is 21.4 Å². The van der Waals surface area contributed by atoms with Crippen LogP contribution >= 0.6 is 38.9 Å². The van der Waals surface area contributed by atoms with Crippen LogP contribution in [0.4, 0.5) is 5.13 Å².